The van der Waals surface area contributed by atoms with E-state index in [1.165, 1.54) is 0 Å². The van der Waals surface area contributed by atoms with Crippen molar-refractivity contribution < 1.29 is 19.1 Å². The van der Waals surface area contributed by atoms with E-state index in [0.29, 0.717) is 50.1 Å². The molecule has 2 N–H and O–H groups in total. The molecular weight excluding hydrogens is 310 g/mol. The van der Waals surface area contributed by atoms with E-state index in [4.69, 9.17) is 9.47 Å². The number of carbonyl (C=O) groups is 2. The van der Waals surface area contributed by atoms with Crippen molar-refractivity contribution in [2.75, 3.05) is 44.3 Å². The molecule has 3 aliphatic rings. The normalized spacial score (nSPS) is 23.1. The van der Waals surface area contributed by atoms with E-state index in [-0.39, 0.29) is 11.8 Å². The van der Waals surface area contributed by atoms with Crippen molar-refractivity contribution in [3.63, 3.8) is 0 Å². The highest BCUT2D eigenvalue weighted by Gasteiger charge is 2.38. The summed E-state index contributed by atoms with van der Waals surface area (Å²) in [6, 6.07) is 5.46. The Morgan fingerprint density at radius 3 is 2.79 bits per heavy atom. The molecular formula is C17H21N3O4. The molecule has 1 unspecified atom stereocenters. The highest BCUT2D eigenvalue weighted by molar-refractivity contribution is 6.09. The minimum absolute atomic E-state index is 0.143. The van der Waals surface area contributed by atoms with Gasteiger partial charge >= 0.3 is 0 Å². The third-order valence-corrected chi connectivity index (χ3v) is 4.79. The number of hydrogen-bond acceptors (Lipinski definition) is 5. The summed E-state index contributed by atoms with van der Waals surface area (Å²) < 4.78 is 11.1. The molecule has 2 amide bonds. The van der Waals surface area contributed by atoms with Crippen LogP contribution >= 0.6 is 0 Å². The number of rotatable bonds is 4. The Labute approximate surface area is 140 Å². The second-order valence-corrected chi connectivity index (χ2v) is 6.43. The van der Waals surface area contributed by atoms with Crippen LogP contribution in [0.1, 0.15) is 6.42 Å². The van der Waals surface area contributed by atoms with Crippen LogP contribution in [0.4, 0.5) is 5.69 Å². The molecule has 2 saturated heterocycles. The van der Waals surface area contributed by atoms with Gasteiger partial charge in [0.1, 0.15) is 19.1 Å². The first-order valence-electron chi connectivity index (χ1n) is 8.42. The Morgan fingerprint density at radius 1 is 1.25 bits per heavy atom. The fourth-order valence-electron chi connectivity index (χ4n) is 3.24. The zero-order valence-corrected chi connectivity index (χ0v) is 13.4. The Balaban J connectivity index is 1.42. The van der Waals surface area contributed by atoms with Crippen LogP contribution in [0, 0.1) is 11.8 Å². The smallest absolute Gasteiger partial charge is 0.239 e. The monoisotopic (exact) mass is 331 g/mol. The molecule has 7 nitrogen and oxygen atoms in total. The first kappa shape index (κ1) is 15.3. The fraction of sp³-hybridized carbons (Fsp3) is 0.529. The zero-order valence-electron chi connectivity index (χ0n) is 13.4. The number of nitrogens with one attached hydrogen (secondary N) is 2. The second-order valence-electron chi connectivity index (χ2n) is 6.43. The van der Waals surface area contributed by atoms with E-state index in [2.05, 4.69) is 10.6 Å². The van der Waals surface area contributed by atoms with Crippen LogP contribution < -0.4 is 25.0 Å². The summed E-state index contributed by atoms with van der Waals surface area (Å²) in [5.74, 6) is 0.936. The lowest BCUT2D eigenvalue weighted by Gasteiger charge is -2.27. The first-order chi connectivity index (χ1) is 11.7. The number of hydrogen-bond donors (Lipinski definition) is 2. The van der Waals surface area contributed by atoms with Gasteiger partial charge in [-0.1, -0.05) is 0 Å². The Hall–Kier alpha value is -2.28. The summed E-state index contributed by atoms with van der Waals surface area (Å²) in [6.07, 6.45) is 0.544. The summed E-state index contributed by atoms with van der Waals surface area (Å²) in [5, 5.41) is 6.08. The highest BCUT2D eigenvalue weighted by atomic mass is 16.6. The van der Waals surface area contributed by atoms with Gasteiger partial charge in [0.25, 0.3) is 0 Å². The molecule has 2 fully saturated rings. The molecule has 3 heterocycles. The highest BCUT2D eigenvalue weighted by Crippen LogP contribution is 2.36. The lowest BCUT2D eigenvalue weighted by Crippen LogP contribution is -2.49. The summed E-state index contributed by atoms with van der Waals surface area (Å²) in [4.78, 5) is 26.6. The molecule has 128 valence electrons. The molecule has 1 atom stereocenters. The van der Waals surface area contributed by atoms with Crippen molar-refractivity contribution in [3.8, 4) is 11.5 Å². The Bertz CT molecular complexity index is 659. The van der Waals surface area contributed by atoms with Crippen LogP contribution in [0.5, 0.6) is 11.5 Å². The van der Waals surface area contributed by atoms with Gasteiger partial charge in [-0.05, 0) is 18.6 Å². The number of nitrogens with zero attached hydrogens (tertiary/aromatic N) is 1. The number of fused-ring (bicyclic) bond motifs is 1. The maximum atomic E-state index is 12.6. The van der Waals surface area contributed by atoms with Crippen LogP contribution in [0.15, 0.2) is 18.2 Å². The standard InChI is InChI=1S/C17H21N3O4/c21-16(19-10-11-8-18-9-11)13-3-4-20(17(13)22)12-1-2-14-15(7-12)24-6-5-23-14/h1-2,7,11,13,18H,3-6,8-10H2,(H,19,21). The average Bonchev–Trinajstić information content (AvgIpc) is 2.94. The Morgan fingerprint density at radius 2 is 2.04 bits per heavy atom. The predicted octanol–water partition coefficient (Wildman–Crippen LogP) is 0.146. The van der Waals surface area contributed by atoms with E-state index >= 15 is 0 Å². The largest absolute Gasteiger partial charge is 0.486 e. The van der Waals surface area contributed by atoms with Gasteiger partial charge in [-0.3, -0.25) is 9.59 Å². The van der Waals surface area contributed by atoms with Gasteiger partial charge in [-0.2, -0.15) is 0 Å². The number of benzene rings is 1. The van der Waals surface area contributed by atoms with Gasteiger partial charge < -0.3 is 25.0 Å². The van der Waals surface area contributed by atoms with Crippen LogP contribution in [0.3, 0.4) is 0 Å². The molecule has 7 heteroatoms. The van der Waals surface area contributed by atoms with Crippen molar-refractivity contribution in [1.82, 2.24) is 10.6 Å². The van der Waals surface area contributed by atoms with Crippen LogP contribution in [-0.4, -0.2) is 51.2 Å². The molecule has 0 saturated carbocycles. The molecule has 0 aliphatic carbocycles. The summed E-state index contributed by atoms with van der Waals surface area (Å²) in [6.45, 7) is 4.09. The third kappa shape index (κ3) is 2.80. The quantitative estimate of drug-likeness (QED) is 0.768. The van der Waals surface area contributed by atoms with Gasteiger partial charge in [-0.25, -0.2) is 0 Å². The fourth-order valence-corrected chi connectivity index (χ4v) is 3.24. The summed E-state index contributed by atoms with van der Waals surface area (Å²) in [7, 11) is 0. The van der Waals surface area contributed by atoms with Crippen molar-refractivity contribution in [2.24, 2.45) is 11.8 Å². The van der Waals surface area contributed by atoms with E-state index in [1.54, 1.807) is 4.90 Å². The van der Waals surface area contributed by atoms with E-state index in [9.17, 15) is 9.59 Å². The minimum Gasteiger partial charge on any atom is -0.486 e. The van der Waals surface area contributed by atoms with Crippen LogP contribution in [-0.2, 0) is 9.59 Å². The third-order valence-electron chi connectivity index (χ3n) is 4.79. The SMILES string of the molecule is O=C(NCC1CNC1)C1CCN(c2ccc3c(c2)OCCO3)C1=O. The van der Waals surface area contributed by atoms with E-state index < -0.39 is 5.92 Å². The molecule has 3 aliphatic heterocycles. The van der Waals surface area contributed by atoms with Gasteiger partial charge in [0, 0.05) is 43.9 Å². The number of anilines is 1. The van der Waals surface area contributed by atoms with Crippen LogP contribution in [0.2, 0.25) is 0 Å². The lowest BCUT2D eigenvalue weighted by atomic mass is 10.0. The summed E-state index contributed by atoms with van der Waals surface area (Å²) in [5.41, 5.74) is 0.753. The Kier molecular flexibility index (Phi) is 4.02. The molecule has 0 spiro atoms. The average molecular weight is 331 g/mol. The minimum atomic E-state index is -0.591. The first-order valence-corrected chi connectivity index (χ1v) is 8.42. The molecule has 0 bridgehead atoms. The number of amides is 2. The lowest BCUT2D eigenvalue weighted by molar-refractivity contribution is -0.132. The molecule has 0 radical (unpaired) electrons. The zero-order chi connectivity index (χ0) is 16.5. The second kappa shape index (κ2) is 6.32. The van der Waals surface area contributed by atoms with Crippen molar-refractivity contribution >= 4 is 17.5 Å². The number of carbonyl (C=O) groups excluding carboxylic acids is 2. The molecule has 1 aromatic rings. The van der Waals surface area contributed by atoms with Gasteiger partial charge in [0.2, 0.25) is 11.8 Å². The van der Waals surface area contributed by atoms with Crippen LogP contribution in [0.25, 0.3) is 0 Å². The van der Waals surface area contributed by atoms with E-state index in [0.717, 1.165) is 18.8 Å². The van der Waals surface area contributed by atoms with Gasteiger partial charge in [0.05, 0.1) is 0 Å². The van der Waals surface area contributed by atoms with Gasteiger partial charge in [0.15, 0.2) is 11.5 Å². The maximum Gasteiger partial charge on any atom is 0.239 e. The molecule has 24 heavy (non-hydrogen) atoms. The number of ether oxygens (including phenoxy) is 2. The van der Waals surface area contributed by atoms with Gasteiger partial charge in [-0.15, -0.1) is 0 Å². The molecule has 4 rings (SSSR count). The summed E-state index contributed by atoms with van der Waals surface area (Å²) >= 11 is 0. The topological polar surface area (TPSA) is 79.9 Å². The van der Waals surface area contributed by atoms with Crippen molar-refractivity contribution in [2.45, 2.75) is 6.42 Å². The molecule has 1 aromatic carbocycles. The van der Waals surface area contributed by atoms with E-state index in [1.807, 2.05) is 18.2 Å². The van der Waals surface area contributed by atoms with Crippen molar-refractivity contribution in [1.29, 1.82) is 0 Å². The predicted molar refractivity (Wildman–Crippen MR) is 87.3 cm³/mol. The molecule has 0 aromatic heterocycles. The maximum absolute atomic E-state index is 12.6. The van der Waals surface area contributed by atoms with Crippen molar-refractivity contribution in [3.05, 3.63) is 18.2 Å².